The SMILES string of the molecule is CC(=O)c1cnn(C2CCOCC2)c1. The van der Waals surface area contributed by atoms with Crippen molar-refractivity contribution in [1.82, 2.24) is 9.78 Å². The van der Waals surface area contributed by atoms with E-state index in [1.165, 1.54) is 0 Å². The van der Waals surface area contributed by atoms with Crippen LogP contribution in [-0.2, 0) is 4.74 Å². The van der Waals surface area contributed by atoms with Gasteiger partial charge in [-0.2, -0.15) is 5.10 Å². The van der Waals surface area contributed by atoms with E-state index >= 15 is 0 Å². The fraction of sp³-hybridized carbons (Fsp3) is 0.600. The van der Waals surface area contributed by atoms with E-state index in [2.05, 4.69) is 5.10 Å². The molecule has 0 amide bonds. The quantitative estimate of drug-likeness (QED) is 0.669. The molecule has 0 aliphatic carbocycles. The van der Waals surface area contributed by atoms with Gasteiger partial charge in [0.1, 0.15) is 0 Å². The summed E-state index contributed by atoms with van der Waals surface area (Å²) in [6, 6.07) is 0.400. The van der Waals surface area contributed by atoms with Crippen LogP contribution in [-0.4, -0.2) is 28.8 Å². The van der Waals surface area contributed by atoms with Crippen LogP contribution in [0.25, 0.3) is 0 Å². The summed E-state index contributed by atoms with van der Waals surface area (Å²) in [5.41, 5.74) is 0.691. The van der Waals surface area contributed by atoms with Gasteiger partial charge in [-0.3, -0.25) is 9.48 Å². The molecule has 2 rings (SSSR count). The van der Waals surface area contributed by atoms with E-state index in [-0.39, 0.29) is 5.78 Å². The Balaban J connectivity index is 2.11. The Bertz CT molecular complexity index is 327. The highest BCUT2D eigenvalue weighted by molar-refractivity contribution is 5.93. The fourth-order valence-corrected chi connectivity index (χ4v) is 1.67. The molecular weight excluding hydrogens is 180 g/mol. The lowest BCUT2D eigenvalue weighted by molar-refractivity contribution is 0.0662. The number of hydrogen-bond acceptors (Lipinski definition) is 3. The minimum atomic E-state index is 0.0725. The minimum absolute atomic E-state index is 0.0725. The molecule has 0 atom stereocenters. The van der Waals surface area contributed by atoms with Gasteiger partial charge in [0.05, 0.1) is 17.8 Å². The third kappa shape index (κ3) is 1.85. The van der Waals surface area contributed by atoms with Crippen LogP contribution in [0.5, 0.6) is 0 Å². The van der Waals surface area contributed by atoms with E-state index in [9.17, 15) is 4.79 Å². The first-order valence-corrected chi connectivity index (χ1v) is 4.90. The first-order valence-electron chi connectivity index (χ1n) is 4.90. The summed E-state index contributed by atoms with van der Waals surface area (Å²) >= 11 is 0. The van der Waals surface area contributed by atoms with Crippen molar-refractivity contribution in [3.63, 3.8) is 0 Å². The monoisotopic (exact) mass is 194 g/mol. The second kappa shape index (κ2) is 3.92. The van der Waals surface area contributed by atoms with Crippen molar-refractivity contribution in [3.05, 3.63) is 18.0 Å². The second-order valence-electron chi connectivity index (χ2n) is 3.61. The van der Waals surface area contributed by atoms with Gasteiger partial charge < -0.3 is 4.74 Å². The Kier molecular flexibility index (Phi) is 2.63. The summed E-state index contributed by atoms with van der Waals surface area (Å²) in [5, 5.41) is 4.20. The maximum Gasteiger partial charge on any atom is 0.162 e. The first kappa shape index (κ1) is 9.40. The molecule has 1 aliphatic heterocycles. The summed E-state index contributed by atoms with van der Waals surface area (Å²) in [5.74, 6) is 0.0725. The highest BCUT2D eigenvalue weighted by Crippen LogP contribution is 2.20. The molecule has 0 aromatic carbocycles. The number of nitrogens with zero attached hydrogens (tertiary/aromatic N) is 2. The van der Waals surface area contributed by atoms with Crippen molar-refractivity contribution < 1.29 is 9.53 Å². The number of ketones is 1. The van der Waals surface area contributed by atoms with Crippen LogP contribution < -0.4 is 0 Å². The van der Waals surface area contributed by atoms with Gasteiger partial charge in [-0.1, -0.05) is 0 Å². The molecule has 0 spiro atoms. The summed E-state index contributed by atoms with van der Waals surface area (Å²) in [7, 11) is 0. The number of ether oxygens (including phenoxy) is 1. The minimum Gasteiger partial charge on any atom is -0.381 e. The molecule has 4 nitrogen and oxygen atoms in total. The molecule has 1 fully saturated rings. The Labute approximate surface area is 82.9 Å². The van der Waals surface area contributed by atoms with Gasteiger partial charge >= 0.3 is 0 Å². The predicted octanol–water partition coefficient (Wildman–Crippen LogP) is 1.44. The molecule has 0 unspecified atom stereocenters. The zero-order chi connectivity index (χ0) is 9.97. The van der Waals surface area contributed by atoms with Crippen molar-refractivity contribution in [1.29, 1.82) is 0 Å². The topological polar surface area (TPSA) is 44.1 Å². The summed E-state index contributed by atoms with van der Waals surface area (Å²) in [6.07, 6.45) is 5.44. The van der Waals surface area contributed by atoms with Crippen LogP contribution in [0.1, 0.15) is 36.2 Å². The Hall–Kier alpha value is -1.16. The molecule has 1 aromatic rings. The number of hydrogen-bond donors (Lipinski definition) is 0. The highest BCUT2D eigenvalue weighted by Gasteiger charge is 2.16. The van der Waals surface area contributed by atoms with E-state index in [1.54, 1.807) is 13.1 Å². The van der Waals surface area contributed by atoms with E-state index in [4.69, 9.17) is 4.74 Å². The number of carbonyl (C=O) groups is 1. The van der Waals surface area contributed by atoms with Gasteiger partial charge in [0.25, 0.3) is 0 Å². The third-order valence-corrected chi connectivity index (χ3v) is 2.57. The standard InChI is InChI=1S/C10H14N2O2/c1-8(13)9-6-11-12(7-9)10-2-4-14-5-3-10/h6-7,10H,2-5H2,1H3. The lowest BCUT2D eigenvalue weighted by Crippen LogP contribution is -2.19. The molecule has 76 valence electrons. The van der Waals surface area contributed by atoms with Crippen molar-refractivity contribution in [2.75, 3.05) is 13.2 Å². The van der Waals surface area contributed by atoms with Gasteiger partial charge in [0.2, 0.25) is 0 Å². The first-order chi connectivity index (χ1) is 6.77. The lowest BCUT2D eigenvalue weighted by Gasteiger charge is -2.22. The van der Waals surface area contributed by atoms with E-state index < -0.39 is 0 Å². The fourth-order valence-electron chi connectivity index (χ4n) is 1.67. The molecule has 0 saturated carbocycles. The van der Waals surface area contributed by atoms with Crippen LogP contribution in [0, 0.1) is 0 Å². The van der Waals surface area contributed by atoms with E-state index in [0.29, 0.717) is 11.6 Å². The van der Waals surface area contributed by atoms with Crippen LogP contribution in [0.3, 0.4) is 0 Å². The van der Waals surface area contributed by atoms with Gasteiger partial charge in [-0.25, -0.2) is 0 Å². The highest BCUT2D eigenvalue weighted by atomic mass is 16.5. The number of aromatic nitrogens is 2. The normalized spacial score (nSPS) is 18.4. The summed E-state index contributed by atoms with van der Waals surface area (Å²) in [6.45, 7) is 3.14. The van der Waals surface area contributed by atoms with Crippen molar-refractivity contribution >= 4 is 5.78 Å². The average molecular weight is 194 g/mol. The smallest absolute Gasteiger partial charge is 0.162 e. The lowest BCUT2D eigenvalue weighted by atomic mass is 10.1. The molecule has 4 heteroatoms. The summed E-state index contributed by atoms with van der Waals surface area (Å²) in [4.78, 5) is 11.1. The van der Waals surface area contributed by atoms with Crippen LogP contribution in [0.2, 0.25) is 0 Å². The van der Waals surface area contributed by atoms with Gasteiger partial charge in [0, 0.05) is 19.4 Å². The van der Waals surface area contributed by atoms with Gasteiger partial charge in [-0.15, -0.1) is 0 Å². The Morgan fingerprint density at radius 2 is 2.29 bits per heavy atom. The summed E-state index contributed by atoms with van der Waals surface area (Å²) < 4.78 is 7.16. The van der Waals surface area contributed by atoms with Crippen LogP contribution in [0.15, 0.2) is 12.4 Å². The van der Waals surface area contributed by atoms with E-state index in [0.717, 1.165) is 26.1 Å². The Morgan fingerprint density at radius 1 is 1.57 bits per heavy atom. The number of Topliss-reactive ketones (excluding diaryl/α,β-unsaturated/α-hetero) is 1. The van der Waals surface area contributed by atoms with Gasteiger partial charge in [-0.05, 0) is 19.8 Å². The zero-order valence-corrected chi connectivity index (χ0v) is 8.27. The molecule has 2 heterocycles. The molecule has 0 N–H and O–H groups in total. The largest absolute Gasteiger partial charge is 0.381 e. The molecule has 0 radical (unpaired) electrons. The Morgan fingerprint density at radius 3 is 2.86 bits per heavy atom. The molecule has 1 aliphatic rings. The third-order valence-electron chi connectivity index (χ3n) is 2.57. The zero-order valence-electron chi connectivity index (χ0n) is 8.27. The number of carbonyl (C=O) groups excluding carboxylic acids is 1. The van der Waals surface area contributed by atoms with Crippen molar-refractivity contribution in [2.24, 2.45) is 0 Å². The molecular formula is C10H14N2O2. The maximum absolute atomic E-state index is 11.1. The van der Waals surface area contributed by atoms with Crippen molar-refractivity contribution in [2.45, 2.75) is 25.8 Å². The van der Waals surface area contributed by atoms with Crippen molar-refractivity contribution in [3.8, 4) is 0 Å². The van der Waals surface area contributed by atoms with Crippen LogP contribution >= 0.6 is 0 Å². The molecule has 0 bridgehead atoms. The maximum atomic E-state index is 11.1. The van der Waals surface area contributed by atoms with E-state index in [1.807, 2.05) is 10.9 Å². The van der Waals surface area contributed by atoms with Gasteiger partial charge in [0.15, 0.2) is 5.78 Å². The second-order valence-corrected chi connectivity index (χ2v) is 3.61. The average Bonchev–Trinajstić information content (AvgIpc) is 2.68. The molecule has 14 heavy (non-hydrogen) atoms. The predicted molar refractivity (Wildman–Crippen MR) is 51.3 cm³/mol. The molecule has 1 saturated heterocycles. The van der Waals surface area contributed by atoms with Crippen LogP contribution in [0.4, 0.5) is 0 Å². The number of rotatable bonds is 2. The molecule has 1 aromatic heterocycles.